The molecular weight excluding hydrogens is 223 g/mol. The van der Waals surface area contributed by atoms with Crippen LogP contribution in [-0.4, -0.2) is 22.5 Å². The van der Waals surface area contributed by atoms with Crippen molar-refractivity contribution in [2.45, 2.75) is 39.6 Å². The van der Waals surface area contributed by atoms with Crippen LogP contribution in [0.25, 0.3) is 11.0 Å². The Bertz CT molecular complexity index is 572. The Kier molecular flexibility index (Phi) is 2.36. The highest BCUT2D eigenvalue weighted by Gasteiger charge is 2.49. The van der Waals surface area contributed by atoms with Crippen LogP contribution in [0.5, 0.6) is 0 Å². The summed E-state index contributed by atoms with van der Waals surface area (Å²) < 4.78 is 6.23. The minimum absolute atomic E-state index is 0.0925. The Labute approximate surface area is 108 Å². The van der Waals surface area contributed by atoms with Crippen LogP contribution in [0.1, 0.15) is 27.7 Å². The molecule has 0 bridgehead atoms. The van der Waals surface area contributed by atoms with Crippen molar-refractivity contribution < 1.29 is 4.65 Å². The predicted molar refractivity (Wildman–Crippen MR) is 75.2 cm³/mol. The zero-order chi connectivity index (χ0) is 13.0. The van der Waals surface area contributed by atoms with Crippen LogP contribution >= 0.6 is 0 Å². The van der Waals surface area contributed by atoms with E-state index in [1.165, 1.54) is 5.46 Å². The number of H-pyrrole nitrogens is 1. The van der Waals surface area contributed by atoms with Gasteiger partial charge in [0.2, 0.25) is 0 Å². The molecule has 0 atom stereocenters. The lowest BCUT2D eigenvalue weighted by atomic mass is 9.54. The first-order chi connectivity index (χ1) is 8.39. The van der Waals surface area contributed by atoms with Crippen LogP contribution in [0.15, 0.2) is 24.5 Å². The summed E-state index contributed by atoms with van der Waals surface area (Å²) in [4.78, 5) is 7.56. The van der Waals surface area contributed by atoms with Gasteiger partial charge in [0.25, 0.3) is 0 Å². The number of nitrogens with zero attached hydrogens (tertiary/aromatic N) is 1. The molecule has 0 amide bonds. The average molecular weight is 242 g/mol. The fraction of sp³-hybridized carbons (Fsp3) is 0.500. The Morgan fingerprint density at radius 3 is 2.78 bits per heavy atom. The molecule has 0 unspecified atom stereocenters. The minimum Gasteiger partial charge on any atom is -0.425 e. The molecule has 3 heterocycles. The molecule has 4 heteroatoms. The third-order valence-electron chi connectivity index (χ3n) is 4.56. The number of rotatable bonds is 1. The van der Waals surface area contributed by atoms with Crippen molar-refractivity contribution in [1.82, 2.24) is 9.97 Å². The van der Waals surface area contributed by atoms with Gasteiger partial charge in [-0.15, -0.1) is 0 Å². The molecule has 2 aromatic heterocycles. The number of hydrogen-bond donors (Lipinski definition) is 1. The van der Waals surface area contributed by atoms with E-state index in [0.717, 1.165) is 17.4 Å². The zero-order valence-electron chi connectivity index (χ0n) is 11.4. The molecule has 1 fully saturated rings. The number of fused-ring (bicyclic) bond motifs is 1. The van der Waals surface area contributed by atoms with Crippen molar-refractivity contribution in [3.8, 4) is 0 Å². The zero-order valence-corrected chi connectivity index (χ0v) is 11.4. The summed E-state index contributed by atoms with van der Waals surface area (Å²) >= 11 is 0. The predicted octanol–water partition coefficient (Wildman–Crippen LogP) is 2.60. The second-order valence-electron chi connectivity index (χ2n) is 6.39. The summed E-state index contributed by atoms with van der Waals surface area (Å²) in [6.45, 7) is 9.05. The smallest absolute Gasteiger partial charge is 0.329 e. The Morgan fingerprint density at radius 2 is 2.11 bits per heavy atom. The van der Waals surface area contributed by atoms with Crippen molar-refractivity contribution in [3.05, 3.63) is 24.5 Å². The summed E-state index contributed by atoms with van der Waals surface area (Å²) in [7, 11) is 0. The van der Waals surface area contributed by atoms with E-state index in [2.05, 4.69) is 49.8 Å². The molecule has 1 aliphatic heterocycles. The molecule has 3 nitrogen and oxygen atoms in total. The molecule has 1 saturated heterocycles. The third kappa shape index (κ3) is 1.67. The quantitative estimate of drug-likeness (QED) is 0.780. The number of aromatic amines is 1. The summed E-state index contributed by atoms with van der Waals surface area (Å²) in [6, 6.07) is 4.23. The van der Waals surface area contributed by atoms with E-state index in [1.807, 2.05) is 12.4 Å². The van der Waals surface area contributed by atoms with E-state index < -0.39 is 0 Å². The van der Waals surface area contributed by atoms with Crippen molar-refractivity contribution in [2.24, 2.45) is 5.41 Å². The maximum absolute atomic E-state index is 6.23. The van der Waals surface area contributed by atoms with Crippen LogP contribution in [0.4, 0.5) is 0 Å². The maximum Gasteiger partial charge on any atom is 0.329 e. The second kappa shape index (κ2) is 3.61. The van der Waals surface area contributed by atoms with Crippen LogP contribution < -0.4 is 5.46 Å². The topological polar surface area (TPSA) is 37.9 Å². The van der Waals surface area contributed by atoms with Gasteiger partial charge >= 0.3 is 6.92 Å². The first-order valence-corrected chi connectivity index (χ1v) is 6.50. The summed E-state index contributed by atoms with van der Waals surface area (Å²) in [6.07, 6.45) is 4.89. The largest absolute Gasteiger partial charge is 0.425 e. The van der Waals surface area contributed by atoms with Gasteiger partial charge in [-0.2, -0.15) is 0 Å². The number of nitrogens with one attached hydrogen (secondary N) is 1. The number of pyridine rings is 1. The normalized spacial score (nSPS) is 21.7. The monoisotopic (exact) mass is 242 g/mol. The van der Waals surface area contributed by atoms with Gasteiger partial charge in [-0.25, -0.2) is 4.98 Å². The van der Waals surface area contributed by atoms with Gasteiger partial charge in [0, 0.05) is 17.8 Å². The molecule has 0 aliphatic carbocycles. The van der Waals surface area contributed by atoms with Crippen LogP contribution in [0.2, 0.25) is 6.32 Å². The van der Waals surface area contributed by atoms with Crippen molar-refractivity contribution >= 4 is 23.4 Å². The summed E-state index contributed by atoms with van der Waals surface area (Å²) in [5.74, 6) is 0. The lowest BCUT2D eigenvalue weighted by molar-refractivity contribution is 0.0375. The van der Waals surface area contributed by atoms with Crippen LogP contribution in [-0.2, 0) is 4.65 Å². The maximum atomic E-state index is 6.23. The van der Waals surface area contributed by atoms with E-state index in [4.69, 9.17) is 4.65 Å². The number of hydrogen-bond acceptors (Lipinski definition) is 2. The minimum atomic E-state index is -0.0925. The van der Waals surface area contributed by atoms with Gasteiger partial charge in [-0.1, -0.05) is 19.9 Å². The summed E-state index contributed by atoms with van der Waals surface area (Å²) in [5.41, 5.74) is 2.21. The molecule has 94 valence electrons. The molecule has 3 rings (SSSR count). The van der Waals surface area contributed by atoms with Crippen molar-refractivity contribution in [2.75, 3.05) is 0 Å². The first kappa shape index (κ1) is 11.8. The Balaban J connectivity index is 1.96. The molecule has 1 aliphatic rings. The SMILES string of the molecule is CC1(C)CB(c2cnc3[nH]ccc3c2)OC1(C)C. The van der Waals surface area contributed by atoms with E-state index in [0.29, 0.717) is 0 Å². The fourth-order valence-corrected chi connectivity index (χ4v) is 2.58. The van der Waals surface area contributed by atoms with E-state index >= 15 is 0 Å². The third-order valence-corrected chi connectivity index (χ3v) is 4.56. The molecule has 0 radical (unpaired) electrons. The molecule has 2 aromatic rings. The second-order valence-corrected chi connectivity index (χ2v) is 6.39. The highest BCUT2D eigenvalue weighted by atomic mass is 16.5. The number of aromatic nitrogens is 2. The van der Waals surface area contributed by atoms with Gasteiger partial charge in [-0.3, -0.25) is 0 Å². The lowest BCUT2D eigenvalue weighted by Gasteiger charge is -2.34. The molecule has 0 spiro atoms. The first-order valence-electron chi connectivity index (χ1n) is 6.50. The molecule has 1 N–H and O–H groups in total. The lowest BCUT2D eigenvalue weighted by Crippen LogP contribution is -2.36. The van der Waals surface area contributed by atoms with Gasteiger partial charge in [0.15, 0.2) is 0 Å². The van der Waals surface area contributed by atoms with Gasteiger partial charge in [-0.05, 0) is 37.1 Å². The van der Waals surface area contributed by atoms with Gasteiger partial charge in [0.05, 0.1) is 5.60 Å². The Morgan fingerprint density at radius 1 is 1.33 bits per heavy atom. The fourth-order valence-electron chi connectivity index (χ4n) is 2.58. The van der Waals surface area contributed by atoms with Crippen LogP contribution in [0, 0.1) is 5.41 Å². The highest BCUT2D eigenvalue weighted by Crippen LogP contribution is 2.45. The van der Waals surface area contributed by atoms with Gasteiger partial charge < -0.3 is 9.64 Å². The molecule has 18 heavy (non-hydrogen) atoms. The van der Waals surface area contributed by atoms with Crippen LogP contribution in [0.3, 0.4) is 0 Å². The summed E-state index contributed by atoms with van der Waals surface area (Å²) in [5, 5.41) is 1.15. The van der Waals surface area contributed by atoms with Crippen molar-refractivity contribution in [1.29, 1.82) is 0 Å². The van der Waals surface area contributed by atoms with E-state index in [9.17, 15) is 0 Å². The van der Waals surface area contributed by atoms with Gasteiger partial charge in [0.1, 0.15) is 5.65 Å². The van der Waals surface area contributed by atoms with E-state index in [1.54, 1.807) is 0 Å². The standard InChI is InChI=1S/C14H19BN2O/c1-13(2)9-15(18-14(13,3)4)11-7-10-5-6-16-12(10)17-8-11/h5-8H,9H2,1-4H3,(H,16,17). The van der Waals surface area contributed by atoms with E-state index in [-0.39, 0.29) is 17.9 Å². The molecular formula is C14H19BN2O. The highest BCUT2D eigenvalue weighted by molar-refractivity contribution is 6.68. The average Bonchev–Trinajstić information content (AvgIpc) is 2.80. The molecule has 0 saturated carbocycles. The Hall–Kier alpha value is -1.29. The molecule has 0 aromatic carbocycles. The van der Waals surface area contributed by atoms with Crippen molar-refractivity contribution in [3.63, 3.8) is 0 Å².